The van der Waals surface area contributed by atoms with Gasteiger partial charge in [0, 0.05) is 30.2 Å². The van der Waals surface area contributed by atoms with Gasteiger partial charge < -0.3 is 10.2 Å². The van der Waals surface area contributed by atoms with E-state index in [1.54, 1.807) is 4.90 Å². The standard InChI is InChI=1S/C16H22N2O3S/c1-2-14(18-11-6-9-15(18)19)16(20)17-10-12-22(21)13-7-4-3-5-8-13/h3-5,7-8,14H,2,6,9-12H2,1H3,(H,17,20)/t14-,22+/m0/s1. The van der Waals surface area contributed by atoms with E-state index < -0.39 is 16.8 Å². The molecule has 0 radical (unpaired) electrons. The SMILES string of the molecule is CC[C@@H](C(=O)NCC[S@@](=O)c1ccccc1)N1CCCC1=O. The van der Waals surface area contributed by atoms with Crippen molar-refractivity contribution in [2.24, 2.45) is 0 Å². The van der Waals surface area contributed by atoms with E-state index in [0.717, 1.165) is 11.3 Å². The Balaban J connectivity index is 1.81. The molecule has 0 aromatic heterocycles. The first-order valence-corrected chi connectivity index (χ1v) is 8.96. The molecule has 0 aliphatic carbocycles. The van der Waals surface area contributed by atoms with Crippen LogP contribution in [0.4, 0.5) is 0 Å². The van der Waals surface area contributed by atoms with E-state index in [2.05, 4.69) is 5.32 Å². The summed E-state index contributed by atoms with van der Waals surface area (Å²) in [5.74, 6) is 0.276. The molecule has 6 heteroatoms. The molecular formula is C16H22N2O3S. The van der Waals surface area contributed by atoms with E-state index in [0.29, 0.717) is 31.7 Å². The molecule has 1 N–H and O–H groups in total. The number of nitrogens with one attached hydrogen (secondary N) is 1. The maximum atomic E-state index is 12.2. The number of rotatable bonds is 7. The van der Waals surface area contributed by atoms with Crippen LogP contribution in [-0.4, -0.2) is 45.8 Å². The largest absolute Gasteiger partial charge is 0.353 e. The molecule has 0 saturated carbocycles. The average Bonchev–Trinajstić information content (AvgIpc) is 2.95. The molecule has 1 aliphatic rings. The van der Waals surface area contributed by atoms with Crippen LogP contribution in [0.5, 0.6) is 0 Å². The lowest BCUT2D eigenvalue weighted by molar-refractivity contribution is -0.137. The third-order valence-corrected chi connectivity index (χ3v) is 5.14. The molecule has 2 amide bonds. The van der Waals surface area contributed by atoms with Crippen molar-refractivity contribution >= 4 is 22.6 Å². The van der Waals surface area contributed by atoms with Crippen molar-refractivity contribution in [2.45, 2.75) is 37.1 Å². The highest BCUT2D eigenvalue weighted by Crippen LogP contribution is 2.15. The van der Waals surface area contributed by atoms with Crippen molar-refractivity contribution in [2.75, 3.05) is 18.8 Å². The number of benzene rings is 1. The van der Waals surface area contributed by atoms with Gasteiger partial charge in [-0.1, -0.05) is 25.1 Å². The highest BCUT2D eigenvalue weighted by Gasteiger charge is 2.31. The quantitative estimate of drug-likeness (QED) is 0.823. The zero-order valence-electron chi connectivity index (χ0n) is 12.8. The normalized spacial score (nSPS) is 17.3. The predicted molar refractivity (Wildman–Crippen MR) is 85.8 cm³/mol. The average molecular weight is 322 g/mol. The minimum atomic E-state index is -1.12. The Bertz CT molecular complexity index is 548. The van der Waals surface area contributed by atoms with Crippen molar-refractivity contribution in [3.8, 4) is 0 Å². The molecule has 2 atom stereocenters. The number of amides is 2. The fraction of sp³-hybridized carbons (Fsp3) is 0.500. The van der Waals surface area contributed by atoms with Crippen LogP contribution in [0.2, 0.25) is 0 Å². The number of carbonyl (C=O) groups excluding carboxylic acids is 2. The third-order valence-electron chi connectivity index (χ3n) is 3.77. The van der Waals surface area contributed by atoms with Gasteiger partial charge in [-0.15, -0.1) is 0 Å². The molecule has 22 heavy (non-hydrogen) atoms. The summed E-state index contributed by atoms with van der Waals surface area (Å²) in [5.41, 5.74) is 0. The van der Waals surface area contributed by atoms with Crippen LogP contribution in [-0.2, 0) is 20.4 Å². The number of carbonyl (C=O) groups is 2. The van der Waals surface area contributed by atoms with E-state index in [1.165, 1.54) is 0 Å². The number of hydrogen-bond donors (Lipinski definition) is 1. The van der Waals surface area contributed by atoms with Crippen LogP contribution in [0.3, 0.4) is 0 Å². The second-order valence-electron chi connectivity index (χ2n) is 5.27. The Hall–Kier alpha value is -1.69. The molecule has 0 unspecified atom stereocenters. The second-order valence-corrected chi connectivity index (χ2v) is 6.84. The fourth-order valence-corrected chi connectivity index (χ4v) is 3.60. The first-order chi connectivity index (χ1) is 10.6. The molecule has 0 bridgehead atoms. The lowest BCUT2D eigenvalue weighted by atomic mass is 10.2. The van der Waals surface area contributed by atoms with Crippen LogP contribution in [0, 0.1) is 0 Å². The zero-order chi connectivity index (χ0) is 15.9. The lowest BCUT2D eigenvalue weighted by Gasteiger charge is -2.25. The van der Waals surface area contributed by atoms with Gasteiger partial charge in [-0.25, -0.2) is 0 Å². The molecule has 0 spiro atoms. The smallest absolute Gasteiger partial charge is 0.242 e. The van der Waals surface area contributed by atoms with E-state index in [-0.39, 0.29) is 11.8 Å². The van der Waals surface area contributed by atoms with Gasteiger partial charge in [0.05, 0.1) is 10.8 Å². The molecule has 1 heterocycles. The Morgan fingerprint density at radius 1 is 1.36 bits per heavy atom. The molecule has 2 rings (SSSR count). The molecule has 1 saturated heterocycles. The minimum absolute atomic E-state index is 0.0508. The molecule has 5 nitrogen and oxygen atoms in total. The summed E-state index contributed by atoms with van der Waals surface area (Å²) in [7, 11) is -1.12. The molecule has 1 aromatic rings. The van der Waals surface area contributed by atoms with Crippen molar-refractivity contribution in [3.05, 3.63) is 30.3 Å². The van der Waals surface area contributed by atoms with Gasteiger partial charge in [-0.05, 0) is 25.0 Å². The zero-order valence-corrected chi connectivity index (χ0v) is 13.6. The minimum Gasteiger partial charge on any atom is -0.353 e. The topological polar surface area (TPSA) is 66.5 Å². The molecule has 1 aliphatic heterocycles. The van der Waals surface area contributed by atoms with Crippen molar-refractivity contribution in [1.82, 2.24) is 10.2 Å². The second kappa shape index (κ2) is 8.08. The van der Waals surface area contributed by atoms with Crippen molar-refractivity contribution < 1.29 is 13.8 Å². The van der Waals surface area contributed by atoms with E-state index in [9.17, 15) is 13.8 Å². The van der Waals surface area contributed by atoms with Gasteiger partial charge in [0.1, 0.15) is 6.04 Å². The number of hydrogen-bond acceptors (Lipinski definition) is 3. The van der Waals surface area contributed by atoms with Crippen molar-refractivity contribution in [3.63, 3.8) is 0 Å². The summed E-state index contributed by atoms with van der Waals surface area (Å²) >= 11 is 0. The summed E-state index contributed by atoms with van der Waals surface area (Å²) in [5, 5.41) is 2.81. The molecule has 1 fully saturated rings. The Labute approximate surface area is 133 Å². The van der Waals surface area contributed by atoms with Gasteiger partial charge in [-0.2, -0.15) is 0 Å². The van der Waals surface area contributed by atoms with Crippen LogP contribution >= 0.6 is 0 Å². The van der Waals surface area contributed by atoms with Crippen LogP contribution in [0.15, 0.2) is 35.2 Å². The van der Waals surface area contributed by atoms with Gasteiger partial charge in [0.25, 0.3) is 0 Å². The monoisotopic (exact) mass is 322 g/mol. The highest BCUT2D eigenvalue weighted by atomic mass is 32.2. The fourth-order valence-electron chi connectivity index (χ4n) is 2.62. The van der Waals surface area contributed by atoms with Gasteiger partial charge in [0.15, 0.2) is 0 Å². The molecular weight excluding hydrogens is 300 g/mol. The van der Waals surface area contributed by atoms with Crippen LogP contribution in [0.1, 0.15) is 26.2 Å². The van der Waals surface area contributed by atoms with E-state index in [4.69, 9.17) is 0 Å². The number of nitrogens with zero attached hydrogens (tertiary/aromatic N) is 1. The Morgan fingerprint density at radius 2 is 2.09 bits per heavy atom. The Morgan fingerprint density at radius 3 is 2.68 bits per heavy atom. The molecule has 120 valence electrons. The summed E-state index contributed by atoms with van der Waals surface area (Å²) in [6.45, 7) is 2.90. The van der Waals surface area contributed by atoms with Gasteiger partial charge in [0.2, 0.25) is 11.8 Å². The first kappa shape index (κ1) is 16.7. The number of likely N-dealkylation sites (tertiary alicyclic amines) is 1. The maximum Gasteiger partial charge on any atom is 0.242 e. The van der Waals surface area contributed by atoms with E-state index >= 15 is 0 Å². The Kier molecular flexibility index (Phi) is 6.12. The van der Waals surface area contributed by atoms with Crippen LogP contribution < -0.4 is 5.32 Å². The van der Waals surface area contributed by atoms with Gasteiger partial charge in [-0.3, -0.25) is 13.8 Å². The maximum absolute atomic E-state index is 12.2. The third kappa shape index (κ3) is 4.16. The summed E-state index contributed by atoms with van der Waals surface area (Å²) in [6.07, 6.45) is 1.95. The van der Waals surface area contributed by atoms with Crippen molar-refractivity contribution in [1.29, 1.82) is 0 Å². The lowest BCUT2D eigenvalue weighted by Crippen LogP contribution is -2.47. The predicted octanol–water partition coefficient (Wildman–Crippen LogP) is 1.31. The summed E-state index contributed by atoms with van der Waals surface area (Å²) < 4.78 is 12.1. The van der Waals surface area contributed by atoms with Gasteiger partial charge >= 0.3 is 0 Å². The van der Waals surface area contributed by atoms with E-state index in [1.807, 2.05) is 37.3 Å². The summed E-state index contributed by atoms with van der Waals surface area (Å²) in [4.78, 5) is 26.4. The first-order valence-electron chi connectivity index (χ1n) is 7.64. The van der Waals surface area contributed by atoms with Crippen LogP contribution in [0.25, 0.3) is 0 Å². The summed E-state index contributed by atoms with van der Waals surface area (Å²) in [6, 6.07) is 8.79. The highest BCUT2D eigenvalue weighted by molar-refractivity contribution is 7.85. The molecule has 1 aromatic carbocycles.